The number of rotatable bonds is 4. The van der Waals surface area contributed by atoms with Crippen LogP contribution >= 0.6 is 11.6 Å². The van der Waals surface area contributed by atoms with Crippen LogP contribution in [0.1, 0.15) is 25.3 Å². The Morgan fingerprint density at radius 3 is 2.62 bits per heavy atom. The first-order chi connectivity index (χ1) is 14.1. The lowest BCUT2D eigenvalue weighted by Gasteiger charge is -2.35. The SMILES string of the molecule is CCC1(CC#CCN2CCN(c3cccc(Cl)c3)CC2)C(=O)Nc2ccccc21. The minimum absolute atomic E-state index is 0.0747. The summed E-state index contributed by atoms with van der Waals surface area (Å²) in [7, 11) is 0. The normalized spacial score (nSPS) is 21.3. The number of nitrogens with zero attached hydrogens (tertiary/aromatic N) is 2. The van der Waals surface area contributed by atoms with Crippen LogP contribution in [-0.4, -0.2) is 43.5 Å². The molecule has 150 valence electrons. The molecule has 1 amide bonds. The minimum Gasteiger partial charge on any atom is -0.369 e. The van der Waals surface area contributed by atoms with E-state index < -0.39 is 5.41 Å². The number of benzene rings is 2. The van der Waals surface area contributed by atoms with Gasteiger partial charge in [0.05, 0.1) is 12.0 Å². The molecule has 0 saturated carbocycles. The van der Waals surface area contributed by atoms with Crippen LogP contribution in [0.3, 0.4) is 0 Å². The summed E-state index contributed by atoms with van der Waals surface area (Å²) in [6.07, 6.45) is 1.32. The summed E-state index contributed by atoms with van der Waals surface area (Å²) in [5.74, 6) is 6.69. The Morgan fingerprint density at radius 1 is 1.07 bits per heavy atom. The van der Waals surface area contributed by atoms with Crippen LogP contribution in [-0.2, 0) is 10.2 Å². The van der Waals surface area contributed by atoms with Crippen LogP contribution < -0.4 is 10.2 Å². The van der Waals surface area contributed by atoms with Gasteiger partial charge < -0.3 is 10.2 Å². The predicted octanol–water partition coefficient (Wildman–Crippen LogP) is 4.16. The molecule has 1 atom stereocenters. The maximum atomic E-state index is 12.7. The molecular weight excluding hydrogens is 382 g/mol. The molecule has 0 radical (unpaired) electrons. The van der Waals surface area contributed by atoms with Crippen molar-refractivity contribution in [2.45, 2.75) is 25.2 Å². The summed E-state index contributed by atoms with van der Waals surface area (Å²) >= 11 is 6.11. The van der Waals surface area contributed by atoms with E-state index in [9.17, 15) is 4.79 Å². The summed E-state index contributed by atoms with van der Waals surface area (Å²) in [6, 6.07) is 16.0. The average molecular weight is 408 g/mol. The molecule has 0 bridgehead atoms. The third-order valence-electron chi connectivity index (χ3n) is 6.09. The largest absolute Gasteiger partial charge is 0.369 e. The van der Waals surface area contributed by atoms with Crippen molar-refractivity contribution < 1.29 is 4.79 Å². The van der Waals surface area contributed by atoms with Crippen LogP contribution in [0.4, 0.5) is 11.4 Å². The third-order valence-corrected chi connectivity index (χ3v) is 6.33. The molecule has 1 fully saturated rings. The fraction of sp³-hybridized carbons (Fsp3) is 0.375. The van der Waals surface area contributed by atoms with Crippen molar-refractivity contribution in [3.05, 3.63) is 59.1 Å². The molecule has 0 aliphatic carbocycles. The molecule has 1 saturated heterocycles. The molecule has 2 heterocycles. The first kappa shape index (κ1) is 19.8. The quantitative estimate of drug-likeness (QED) is 0.773. The van der Waals surface area contributed by atoms with Crippen LogP contribution in [0.5, 0.6) is 0 Å². The smallest absolute Gasteiger partial charge is 0.236 e. The van der Waals surface area contributed by atoms with Crippen LogP contribution in [0.15, 0.2) is 48.5 Å². The molecule has 0 spiro atoms. The topological polar surface area (TPSA) is 35.6 Å². The van der Waals surface area contributed by atoms with E-state index in [-0.39, 0.29) is 5.91 Å². The number of carbonyl (C=O) groups excluding carboxylic acids is 1. The van der Waals surface area contributed by atoms with Gasteiger partial charge in [0.25, 0.3) is 0 Å². The van der Waals surface area contributed by atoms with E-state index in [0.29, 0.717) is 6.42 Å². The van der Waals surface area contributed by atoms with E-state index in [1.165, 1.54) is 5.69 Å². The van der Waals surface area contributed by atoms with E-state index in [1.807, 2.05) is 42.5 Å². The minimum atomic E-state index is -0.519. The Hall–Kier alpha value is -2.48. The van der Waals surface area contributed by atoms with Crippen molar-refractivity contribution in [1.29, 1.82) is 0 Å². The van der Waals surface area contributed by atoms with Gasteiger partial charge in [-0.3, -0.25) is 9.69 Å². The van der Waals surface area contributed by atoms with Gasteiger partial charge in [0, 0.05) is 49.0 Å². The molecule has 1 unspecified atom stereocenters. The van der Waals surface area contributed by atoms with Gasteiger partial charge in [-0.05, 0) is 36.2 Å². The molecule has 2 aromatic rings. The van der Waals surface area contributed by atoms with E-state index in [4.69, 9.17) is 11.6 Å². The monoisotopic (exact) mass is 407 g/mol. The molecule has 29 heavy (non-hydrogen) atoms. The summed E-state index contributed by atoms with van der Waals surface area (Å²) in [5, 5.41) is 3.80. The second-order valence-electron chi connectivity index (χ2n) is 7.71. The fourth-order valence-corrected chi connectivity index (χ4v) is 4.43. The number of hydrogen-bond donors (Lipinski definition) is 1. The Labute approximate surface area is 177 Å². The van der Waals surface area contributed by atoms with Crippen molar-refractivity contribution in [2.75, 3.05) is 42.9 Å². The first-order valence-corrected chi connectivity index (χ1v) is 10.6. The van der Waals surface area contributed by atoms with Crippen molar-refractivity contribution in [3.63, 3.8) is 0 Å². The third kappa shape index (κ3) is 3.99. The second-order valence-corrected chi connectivity index (χ2v) is 8.15. The molecule has 4 nitrogen and oxygen atoms in total. The van der Waals surface area contributed by atoms with E-state index >= 15 is 0 Å². The Morgan fingerprint density at radius 2 is 1.86 bits per heavy atom. The van der Waals surface area contributed by atoms with Gasteiger partial charge in [0.15, 0.2) is 0 Å². The fourth-order valence-electron chi connectivity index (χ4n) is 4.24. The first-order valence-electron chi connectivity index (χ1n) is 10.2. The number of nitrogens with one attached hydrogen (secondary N) is 1. The highest BCUT2D eigenvalue weighted by atomic mass is 35.5. The Kier molecular flexibility index (Phi) is 5.80. The Balaban J connectivity index is 1.34. The number of para-hydroxylation sites is 1. The summed E-state index contributed by atoms with van der Waals surface area (Å²) in [4.78, 5) is 17.4. The lowest BCUT2D eigenvalue weighted by Crippen LogP contribution is -2.46. The highest BCUT2D eigenvalue weighted by molar-refractivity contribution is 6.30. The van der Waals surface area contributed by atoms with Gasteiger partial charge in [-0.25, -0.2) is 0 Å². The van der Waals surface area contributed by atoms with E-state index in [1.54, 1.807) is 0 Å². The van der Waals surface area contributed by atoms with Gasteiger partial charge in [-0.15, -0.1) is 5.92 Å². The van der Waals surface area contributed by atoms with Crippen molar-refractivity contribution in [1.82, 2.24) is 4.90 Å². The van der Waals surface area contributed by atoms with Gasteiger partial charge in [-0.1, -0.05) is 48.7 Å². The number of amides is 1. The van der Waals surface area contributed by atoms with Crippen LogP contribution in [0.25, 0.3) is 0 Å². The average Bonchev–Trinajstić information content (AvgIpc) is 3.03. The van der Waals surface area contributed by atoms with Gasteiger partial charge in [0.1, 0.15) is 0 Å². The van der Waals surface area contributed by atoms with Gasteiger partial charge in [0.2, 0.25) is 5.91 Å². The number of anilines is 2. The zero-order valence-electron chi connectivity index (χ0n) is 16.7. The van der Waals surface area contributed by atoms with E-state index in [2.05, 4.69) is 39.9 Å². The van der Waals surface area contributed by atoms with Crippen molar-refractivity contribution >= 4 is 28.9 Å². The van der Waals surface area contributed by atoms with Gasteiger partial charge >= 0.3 is 0 Å². The number of piperazine rings is 1. The highest BCUT2D eigenvalue weighted by Gasteiger charge is 2.44. The second kappa shape index (κ2) is 8.49. The van der Waals surface area contributed by atoms with Gasteiger partial charge in [-0.2, -0.15) is 0 Å². The molecule has 1 N–H and O–H groups in total. The lowest BCUT2D eigenvalue weighted by atomic mass is 9.76. The number of halogens is 1. The molecule has 2 aliphatic rings. The molecule has 0 aromatic heterocycles. The van der Waals surface area contributed by atoms with Crippen LogP contribution in [0.2, 0.25) is 5.02 Å². The molecule has 4 rings (SSSR count). The number of fused-ring (bicyclic) bond motifs is 1. The van der Waals surface area contributed by atoms with Crippen molar-refractivity contribution in [3.8, 4) is 11.8 Å². The molecule has 2 aromatic carbocycles. The maximum absolute atomic E-state index is 12.7. The van der Waals surface area contributed by atoms with Crippen molar-refractivity contribution in [2.24, 2.45) is 0 Å². The maximum Gasteiger partial charge on any atom is 0.236 e. The predicted molar refractivity (Wildman–Crippen MR) is 120 cm³/mol. The summed E-state index contributed by atoms with van der Waals surface area (Å²) in [5.41, 5.74) is 2.67. The lowest BCUT2D eigenvalue weighted by molar-refractivity contribution is -0.120. The molecular formula is C24H26ClN3O. The molecule has 5 heteroatoms. The Bertz CT molecular complexity index is 956. The number of hydrogen-bond acceptors (Lipinski definition) is 3. The van der Waals surface area contributed by atoms with Crippen LogP contribution in [0, 0.1) is 11.8 Å². The summed E-state index contributed by atoms with van der Waals surface area (Å²) < 4.78 is 0. The highest BCUT2D eigenvalue weighted by Crippen LogP contribution is 2.42. The standard InChI is InChI=1S/C24H26ClN3O/c1-2-24(21-10-3-4-11-22(21)26-23(24)29)12-5-6-13-27-14-16-28(17-15-27)20-9-7-8-19(25)18-20/h3-4,7-11,18H,2,12-17H2,1H3,(H,26,29). The summed E-state index contributed by atoms with van der Waals surface area (Å²) in [6.45, 7) is 6.70. The number of carbonyl (C=O) groups is 1. The molecule has 2 aliphatic heterocycles. The zero-order valence-corrected chi connectivity index (χ0v) is 17.5. The zero-order chi connectivity index (χ0) is 20.3. The van der Waals surface area contributed by atoms with E-state index in [0.717, 1.165) is 55.4 Å².